The molecule has 3 rings (SSSR count). The Labute approximate surface area is 190 Å². The van der Waals surface area contributed by atoms with Crippen LogP contribution >= 0.6 is 0 Å². The van der Waals surface area contributed by atoms with Gasteiger partial charge >= 0.3 is 5.97 Å². The van der Waals surface area contributed by atoms with Crippen LogP contribution in [-0.4, -0.2) is 18.9 Å². The molecule has 0 unspecified atom stereocenters. The summed E-state index contributed by atoms with van der Waals surface area (Å²) in [5, 5.41) is 0. The minimum atomic E-state index is -0.587. The molecule has 2 aromatic carbocycles. The number of methoxy groups -OCH3 is 1. The summed E-state index contributed by atoms with van der Waals surface area (Å²) in [5.41, 5.74) is 2.96. The fraction of sp³-hybridized carbons (Fsp3) is 0.407. The Balaban J connectivity index is 2.13. The van der Waals surface area contributed by atoms with Gasteiger partial charge in [0, 0.05) is 18.4 Å². The number of benzene rings is 2. The van der Waals surface area contributed by atoms with Gasteiger partial charge in [-0.25, -0.2) is 4.79 Å². The minimum absolute atomic E-state index is 0.0431. The first kappa shape index (κ1) is 23.4. The number of ether oxygens (including phenoxy) is 3. The molecule has 1 aliphatic heterocycles. The van der Waals surface area contributed by atoms with Crippen LogP contribution in [-0.2, 0) is 11.3 Å². The highest BCUT2D eigenvalue weighted by Crippen LogP contribution is 2.40. The topological polar surface area (TPSA) is 61.8 Å². The van der Waals surface area contributed by atoms with Gasteiger partial charge in [0.25, 0.3) is 0 Å². The summed E-state index contributed by atoms with van der Waals surface area (Å²) in [7, 11) is 1.44. The second-order valence-electron chi connectivity index (χ2n) is 8.92. The van der Waals surface area contributed by atoms with Crippen molar-refractivity contribution in [2.75, 3.05) is 7.11 Å². The van der Waals surface area contributed by atoms with Crippen LogP contribution in [0.25, 0.3) is 0 Å². The Morgan fingerprint density at radius 1 is 1.16 bits per heavy atom. The zero-order valence-corrected chi connectivity index (χ0v) is 19.6. The number of rotatable bonds is 5. The molecule has 5 heteroatoms. The van der Waals surface area contributed by atoms with Crippen LogP contribution in [0.15, 0.2) is 24.3 Å². The van der Waals surface area contributed by atoms with Gasteiger partial charge in [0.2, 0.25) is 0 Å². The number of esters is 1. The van der Waals surface area contributed by atoms with Crippen LogP contribution in [0, 0.1) is 30.6 Å². The van der Waals surface area contributed by atoms with Crippen LogP contribution in [0.5, 0.6) is 17.2 Å². The number of carbonyl (C=O) groups excluding carboxylic acids is 2. The van der Waals surface area contributed by atoms with Crippen molar-refractivity contribution >= 4 is 11.8 Å². The number of hydrogen-bond acceptors (Lipinski definition) is 5. The predicted octanol–water partition coefficient (Wildman–Crippen LogP) is 6.09. The molecular weight excluding hydrogens is 404 g/mol. The van der Waals surface area contributed by atoms with E-state index in [1.807, 2.05) is 32.9 Å². The van der Waals surface area contributed by atoms with E-state index in [1.54, 1.807) is 12.1 Å². The van der Waals surface area contributed by atoms with Crippen molar-refractivity contribution in [1.82, 2.24) is 0 Å². The molecule has 0 radical (unpaired) electrons. The van der Waals surface area contributed by atoms with Gasteiger partial charge in [-0.15, -0.1) is 0 Å². The standard InChI is InChI=1S/C27H30O5/c1-16(2)8-7-9-19-13-18(5)14-20-15-31-27(29)24-23(32-25(19)20)11-10-21(26(24)30-6)22(28)12-17(3)4/h10-11,13-14,16-17H,8,12,15H2,1-6H3. The van der Waals surface area contributed by atoms with Crippen molar-refractivity contribution < 1.29 is 23.8 Å². The quantitative estimate of drug-likeness (QED) is 0.324. The average Bonchev–Trinajstić information content (AvgIpc) is 2.71. The van der Waals surface area contributed by atoms with Crippen LogP contribution < -0.4 is 9.47 Å². The highest BCUT2D eigenvalue weighted by Gasteiger charge is 2.29. The second kappa shape index (κ2) is 9.91. The third-order valence-electron chi connectivity index (χ3n) is 5.04. The fourth-order valence-electron chi connectivity index (χ4n) is 3.60. The Morgan fingerprint density at radius 2 is 1.91 bits per heavy atom. The summed E-state index contributed by atoms with van der Waals surface area (Å²) < 4.78 is 17.4. The molecule has 0 bridgehead atoms. The fourth-order valence-corrected chi connectivity index (χ4v) is 3.60. The SMILES string of the molecule is COc1c(C(=O)CC(C)C)ccc2c1C(=O)OCc1cc(C)cc(C#CCC(C)C)c1O2. The van der Waals surface area contributed by atoms with Gasteiger partial charge in [-0.3, -0.25) is 4.79 Å². The zero-order chi connectivity index (χ0) is 23.4. The van der Waals surface area contributed by atoms with E-state index in [2.05, 4.69) is 25.7 Å². The minimum Gasteiger partial charge on any atom is -0.495 e. The maximum absolute atomic E-state index is 12.9. The predicted molar refractivity (Wildman–Crippen MR) is 123 cm³/mol. The molecule has 1 aliphatic rings. The number of Topliss-reactive ketones (excluding diaryl/α,β-unsaturated/α-hetero) is 1. The van der Waals surface area contributed by atoms with Crippen LogP contribution in [0.1, 0.15) is 77.9 Å². The molecular formula is C27H30O5. The molecule has 0 spiro atoms. The van der Waals surface area contributed by atoms with Crippen LogP contribution in [0.2, 0.25) is 0 Å². The van der Waals surface area contributed by atoms with E-state index in [9.17, 15) is 9.59 Å². The molecule has 0 fully saturated rings. The number of cyclic esters (lactones) is 1. The average molecular weight is 435 g/mol. The Hall–Kier alpha value is -3.26. The smallest absolute Gasteiger partial charge is 0.346 e. The molecule has 32 heavy (non-hydrogen) atoms. The van der Waals surface area contributed by atoms with Crippen molar-refractivity contribution in [3.8, 4) is 29.1 Å². The van der Waals surface area contributed by atoms with E-state index in [-0.39, 0.29) is 35.4 Å². The third-order valence-corrected chi connectivity index (χ3v) is 5.04. The zero-order valence-electron chi connectivity index (χ0n) is 19.6. The number of aryl methyl sites for hydroxylation is 1. The molecule has 168 valence electrons. The molecule has 5 nitrogen and oxygen atoms in total. The van der Waals surface area contributed by atoms with Gasteiger partial charge in [-0.05, 0) is 48.6 Å². The van der Waals surface area contributed by atoms with E-state index in [0.29, 0.717) is 23.7 Å². The molecule has 0 N–H and O–H groups in total. The molecule has 0 aliphatic carbocycles. The van der Waals surface area contributed by atoms with Crippen molar-refractivity contribution in [3.63, 3.8) is 0 Å². The first-order valence-corrected chi connectivity index (χ1v) is 10.9. The Kier molecular flexibility index (Phi) is 7.25. The van der Waals surface area contributed by atoms with E-state index in [4.69, 9.17) is 14.2 Å². The summed E-state index contributed by atoms with van der Waals surface area (Å²) >= 11 is 0. The summed E-state index contributed by atoms with van der Waals surface area (Å²) in [6.45, 7) is 10.2. The number of carbonyl (C=O) groups is 2. The lowest BCUT2D eigenvalue weighted by Gasteiger charge is -2.22. The van der Waals surface area contributed by atoms with Crippen LogP contribution in [0.3, 0.4) is 0 Å². The van der Waals surface area contributed by atoms with E-state index in [1.165, 1.54) is 7.11 Å². The van der Waals surface area contributed by atoms with Gasteiger partial charge in [-0.1, -0.05) is 39.5 Å². The second-order valence-corrected chi connectivity index (χ2v) is 8.92. The van der Waals surface area contributed by atoms with Gasteiger partial charge in [0.05, 0.1) is 18.2 Å². The Morgan fingerprint density at radius 3 is 2.56 bits per heavy atom. The molecule has 0 saturated carbocycles. The summed E-state index contributed by atoms with van der Waals surface area (Å²) in [5.74, 6) is 7.40. The lowest BCUT2D eigenvalue weighted by molar-refractivity contribution is 0.0455. The normalized spacial score (nSPS) is 12.6. The molecule has 0 amide bonds. The largest absolute Gasteiger partial charge is 0.495 e. The maximum atomic E-state index is 12.9. The summed E-state index contributed by atoms with van der Waals surface area (Å²) in [4.78, 5) is 25.7. The van der Waals surface area contributed by atoms with Gasteiger partial charge in [-0.2, -0.15) is 0 Å². The first-order valence-electron chi connectivity index (χ1n) is 10.9. The Bertz CT molecular complexity index is 1100. The van der Waals surface area contributed by atoms with E-state index >= 15 is 0 Å². The maximum Gasteiger partial charge on any atom is 0.346 e. The van der Waals surface area contributed by atoms with Crippen molar-refractivity contribution in [2.45, 2.75) is 54.1 Å². The van der Waals surface area contributed by atoms with Gasteiger partial charge in [0.15, 0.2) is 5.78 Å². The third kappa shape index (κ3) is 5.13. The lowest BCUT2D eigenvalue weighted by atomic mass is 9.97. The molecule has 0 atom stereocenters. The monoisotopic (exact) mass is 434 g/mol. The molecule has 0 saturated heterocycles. The molecule has 2 aromatic rings. The number of hydrogen-bond donors (Lipinski definition) is 0. The van der Waals surface area contributed by atoms with Crippen molar-refractivity contribution in [1.29, 1.82) is 0 Å². The van der Waals surface area contributed by atoms with Gasteiger partial charge in [0.1, 0.15) is 29.4 Å². The van der Waals surface area contributed by atoms with Gasteiger partial charge < -0.3 is 14.2 Å². The highest BCUT2D eigenvalue weighted by molar-refractivity contribution is 6.05. The lowest BCUT2D eigenvalue weighted by Crippen LogP contribution is -2.16. The molecule has 1 heterocycles. The van der Waals surface area contributed by atoms with Crippen LogP contribution in [0.4, 0.5) is 0 Å². The summed E-state index contributed by atoms with van der Waals surface area (Å²) in [6.07, 6.45) is 1.12. The number of fused-ring (bicyclic) bond motifs is 2. The molecule has 0 aromatic heterocycles. The highest BCUT2D eigenvalue weighted by atomic mass is 16.5. The number of ketones is 1. The van der Waals surface area contributed by atoms with E-state index in [0.717, 1.165) is 23.1 Å². The summed E-state index contributed by atoms with van der Waals surface area (Å²) in [6, 6.07) is 7.17. The van der Waals surface area contributed by atoms with E-state index < -0.39 is 5.97 Å². The first-order chi connectivity index (χ1) is 15.2. The van der Waals surface area contributed by atoms with Crippen molar-refractivity contribution in [2.24, 2.45) is 11.8 Å². The van der Waals surface area contributed by atoms with Crippen molar-refractivity contribution in [3.05, 3.63) is 52.1 Å².